The van der Waals surface area contributed by atoms with Crippen LogP contribution in [0.2, 0.25) is 0 Å². The fourth-order valence-corrected chi connectivity index (χ4v) is 3.77. The summed E-state index contributed by atoms with van der Waals surface area (Å²) in [7, 11) is 1.68. The maximum Gasteiger partial charge on any atom is 0.201 e. The molecule has 20 heavy (non-hydrogen) atoms. The van der Waals surface area contributed by atoms with E-state index in [9.17, 15) is 0 Å². The number of imidazole rings is 1. The Morgan fingerprint density at radius 3 is 2.55 bits per heavy atom. The molecule has 0 aliphatic heterocycles. The lowest BCUT2D eigenvalue weighted by Gasteiger charge is -2.33. The van der Waals surface area contributed by atoms with Crippen molar-refractivity contribution in [2.24, 2.45) is 11.8 Å². The lowest BCUT2D eigenvalue weighted by Crippen LogP contribution is -2.23. The van der Waals surface area contributed by atoms with Crippen molar-refractivity contribution in [1.29, 1.82) is 0 Å². The van der Waals surface area contributed by atoms with Crippen LogP contribution >= 0.6 is 0 Å². The first-order valence-corrected chi connectivity index (χ1v) is 7.40. The summed E-state index contributed by atoms with van der Waals surface area (Å²) in [5.41, 5.74) is 8.16. The number of para-hydroxylation sites is 1. The summed E-state index contributed by atoms with van der Waals surface area (Å²) < 4.78 is 7.61. The van der Waals surface area contributed by atoms with Crippen molar-refractivity contribution in [3.05, 3.63) is 18.2 Å². The number of hydrogen-bond acceptors (Lipinski definition) is 3. The zero-order valence-electron chi connectivity index (χ0n) is 12.5. The maximum atomic E-state index is 6.19. The number of anilines is 1. The van der Waals surface area contributed by atoms with Crippen molar-refractivity contribution >= 4 is 17.0 Å². The standard InChI is InChI=1S/C16H23N3O/c1-10-7-11(2)9-12(8-10)19-13-5-4-6-14(20-3)15(13)18-16(19)17/h4-6,10-12H,7-9H2,1-3H3,(H2,17,18). The average Bonchev–Trinajstić information content (AvgIpc) is 2.73. The smallest absolute Gasteiger partial charge is 0.201 e. The van der Waals surface area contributed by atoms with Crippen molar-refractivity contribution in [2.45, 2.75) is 39.2 Å². The molecule has 0 saturated heterocycles. The van der Waals surface area contributed by atoms with Gasteiger partial charge < -0.3 is 15.0 Å². The molecule has 1 aliphatic carbocycles. The predicted octanol–water partition coefficient (Wildman–Crippen LogP) is 3.62. The van der Waals surface area contributed by atoms with E-state index in [4.69, 9.17) is 10.5 Å². The van der Waals surface area contributed by atoms with E-state index >= 15 is 0 Å². The molecule has 0 bridgehead atoms. The number of hydrogen-bond donors (Lipinski definition) is 1. The van der Waals surface area contributed by atoms with Gasteiger partial charge in [-0.25, -0.2) is 4.98 Å². The van der Waals surface area contributed by atoms with Gasteiger partial charge in [0, 0.05) is 6.04 Å². The molecule has 108 valence electrons. The summed E-state index contributed by atoms with van der Waals surface area (Å²) in [5, 5.41) is 0. The Kier molecular flexibility index (Phi) is 3.32. The number of aromatic nitrogens is 2. The largest absolute Gasteiger partial charge is 0.494 e. The second-order valence-electron chi connectivity index (χ2n) is 6.24. The summed E-state index contributed by atoms with van der Waals surface area (Å²) >= 11 is 0. The minimum Gasteiger partial charge on any atom is -0.494 e. The summed E-state index contributed by atoms with van der Waals surface area (Å²) in [6, 6.07) is 6.48. The highest BCUT2D eigenvalue weighted by Crippen LogP contribution is 2.39. The SMILES string of the molecule is COc1cccc2c1nc(N)n2C1CC(C)CC(C)C1. The van der Waals surface area contributed by atoms with Gasteiger partial charge in [0.2, 0.25) is 5.95 Å². The first-order chi connectivity index (χ1) is 9.60. The Morgan fingerprint density at radius 2 is 1.90 bits per heavy atom. The van der Waals surface area contributed by atoms with Crippen LogP contribution in [0.4, 0.5) is 5.95 Å². The monoisotopic (exact) mass is 273 g/mol. The van der Waals surface area contributed by atoms with Gasteiger partial charge in [0.25, 0.3) is 0 Å². The van der Waals surface area contributed by atoms with Gasteiger partial charge >= 0.3 is 0 Å². The number of ether oxygens (including phenoxy) is 1. The van der Waals surface area contributed by atoms with Gasteiger partial charge in [-0.3, -0.25) is 0 Å². The first-order valence-electron chi connectivity index (χ1n) is 7.40. The molecule has 1 aliphatic rings. The second kappa shape index (κ2) is 5.00. The number of nitrogens with zero attached hydrogens (tertiary/aromatic N) is 2. The Morgan fingerprint density at radius 1 is 1.20 bits per heavy atom. The zero-order valence-corrected chi connectivity index (χ0v) is 12.5. The van der Waals surface area contributed by atoms with Crippen LogP contribution in [0.1, 0.15) is 39.2 Å². The van der Waals surface area contributed by atoms with Gasteiger partial charge in [0.1, 0.15) is 11.3 Å². The van der Waals surface area contributed by atoms with Crippen LogP contribution < -0.4 is 10.5 Å². The quantitative estimate of drug-likeness (QED) is 0.909. The molecule has 0 amide bonds. The van der Waals surface area contributed by atoms with Gasteiger partial charge in [-0.1, -0.05) is 19.9 Å². The third-order valence-electron chi connectivity index (χ3n) is 4.45. The van der Waals surface area contributed by atoms with Crippen LogP contribution in [0.15, 0.2) is 18.2 Å². The highest BCUT2D eigenvalue weighted by atomic mass is 16.5. The third kappa shape index (κ3) is 2.13. The van der Waals surface area contributed by atoms with E-state index in [0.717, 1.165) is 28.6 Å². The summed E-state index contributed by atoms with van der Waals surface area (Å²) in [6.45, 7) is 4.66. The van der Waals surface area contributed by atoms with E-state index in [1.54, 1.807) is 7.11 Å². The van der Waals surface area contributed by atoms with Crippen LogP contribution in [-0.2, 0) is 0 Å². The second-order valence-corrected chi connectivity index (χ2v) is 6.24. The van der Waals surface area contributed by atoms with Crippen LogP contribution in [0, 0.1) is 11.8 Å². The Bertz CT molecular complexity index is 609. The molecular formula is C16H23N3O. The van der Waals surface area contributed by atoms with Crippen molar-refractivity contribution in [2.75, 3.05) is 12.8 Å². The molecule has 4 heteroatoms. The summed E-state index contributed by atoms with van der Waals surface area (Å²) in [4.78, 5) is 4.52. The van der Waals surface area contributed by atoms with Gasteiger partial charge in [-0.15, -0.1) is 0 Å². The minimum atomic E-state index is 0.450. The highest BCUT2D eigenvalue weighted by Gasteiger charge is 2.28. The Hall–Kier alpha value is -1.71. The van der Waals surface area contributed by atoms with E-state index < -0.39 is 0 Å². The number of rotatable bonds is 2. The molecule has 0 radical (unpaired) electrons. The topological polar surface area (TPSA) is 53.1 Å². The molecule has 1 aromatic heterocycles. The lowest BCUT2D eigenvalue weighted by molar-refractivity contribution is 0.226. The number of methoxy groups -OCH3 is 1. The van der Waals surface area contributed by atoms with E-state index in [1.807, 2.05) is 12.1 Å². The van der Waals surface area contributed by atoms with Crippen molar-refractivity contribution < 1.29 is 4.74 Å². The molecule has 1 fully saturated rings. The Balaban J connectivity index is 2.09. The fourth-order valence-electron chi connectivity index (χ4n) is 3.77. The molecular weight excluding hydrogens is 250 g/mol. The molecule has 2 unspecified atom stereocenters. The third-order valence-corrected chi connectivity index (χ3v) is 4.45. The lowest BCUT2D eigenvalue weighted by atomic mass is 9.80. The summed E-state index contributed by atoms with van der Waals surface area (Å²) in [5.74, 6) is 2.89. The van der Waals surface area contributed by atoms with E-state index in [-0.39, 0.29) is 0 Å². The molecule has 3 rings (SSSR count). The number of nitrogen functional groups attached to an aromatic ring is 1. The van der Waals surface area contributed by atoms with Crippen LogP contribution in [0.25, 0.3) is 11.0 Å². The Labute approximate surface area is 119 Å². The molecule has 0 spiro atoms. The van der Waals surface area contributed by atoms with E-state index in [0.29, 0.717) is 12.0 Å². The molecule has 2 aromatic rings. The summed E-state index contributed by atoms with van der Waals surface area (Å²) in [6.07, 6.45) is 3.67. The average molecular weight is 273 g/mol. The van der Waals surface area contributed by atoms with Crippen LogP contribution in [-0.4, -0.2) is 16.7 Å². The number of nitrogens with two attached hydrogens (primary N) is 1. The molecule has 2 N–H and O–H groups in total. The number of fused-ring (bicyclic) bond motifs is 1. The molecule has 1 saturated carbocycles. The van der Waals surface area contributed by atoms with E-state index in [2.05, 4.69) is 29.5 Å². The van der Waals surface area contributed by atoms with Gasteiger partial charge in [-0.2, -0.15) is 0 Å². The first kappa shape index (κ1) is 13.3. The van der Waals surface area contributed by atoms with Crippen molar-refractivity contribution in [1.82, 2.24) is 9.55 Å². The molecule has 1 aromatic carbocycles. The van der Waals surface area contributed by atoms with E-state index in [1.165, 1.54) is 19.3 Å². The van der Waals surface area contributed by atoms with Gasteiger partial charge in [-0.05, 0) is 43.2 Å². The van der Waals surface area contributed by atoms with Crippen molar-refractivity contribution in [3.8, 4) is 5.75 Å². The highest BCUT2D eigenvalue weighted by molar-refractivity contribution is 5.84. The van der Waals surface area contributed by atoms with Crippen LogP contribution in [0.3, 0.4) is 0 Å². The molecule has 1 heterocycles. The minimum absolute atomic E-state index is 0.450. The molecule has 4 nitrogen and oxygen atoms in total. The van der Waals surface area contributed by atoms with Crippen molar-refractivity contribution in [3.63, 3.8) is 0 Å². The normalized spacial score (nSPS) is 26.9. The predicted molar refractivity (Wildman–Crippen MR) is 81.9 cm³/mol. The fraction of sp³-hybridized carbons (Fsp3) is 0.562. The zero-order chi connectivity index (χ0) is 14.3. The maximum absolute atomic E-state index is 6.19. The van der Waals surface area contributed by atoms with Gasteiger partial charge in [0.15, 0.2) is 0 Å². The van der Waals surface area contributed by atoms with Gasteiger partial charge in [0.05, 0.1) is 12.6 Å². The number of benzene rings is 1. The molecule has 2 atom stereocenters. The van der Waals surface area contributed by atoms with Crippen LogP contribution in [0.5, 0.6) is 5.75 Å².